The molecule has 0 aliphatic heterocycles. The van der Waals surface area contributed by atoms with E-state index in [1.54, 1.807) is 6.33 Å². The highest BCUT2D eigenvalue weighted by atomic mass is 14.9. The molecule has 2 aromatic carbocycles. The lowest BCUT2D eigenvalue weighted by atomic mass is 9.91. The number of aromatic amines is 1. The van der Waals surface area contributed by atoms with Crippen molar-refractivity contribution in [3.8, 4) is 0 Å². The molecule has 3 aromatic rings. The lowest BCUT2D eigenvalue weighted by molar-refractivity contribution is 0.669. The van der Waals surface area contributed by atoms with Crippen LogP contribution in [0.1, 0.15) is 38.2 Å². The Morgan fingerprint density at radius 2 is 2.00 bits per heavy atom. The van der Waals surface area contributed by atoms with Gasteiger partial charge in [0.05, 0.1) is 17.4 Å². The highest BCUT2D eigenvalue weighted by molar-refractivity contribution is 6.05. The van der Waals surface area contributed by atoms with Gasteiger partial charge in [0, 0.05) is 5.39 Å². The summed E-state index contributed by atoms with van der Waals surface area (Å²) in [6.45, 7) is 4.55. The zero-order valence-electron chi connectivity index (χ0n) is 10.9. The highest BCUT2D eigenvalue weighted by Crippen LogP contribution is 2.32. The maximum Gasteiger partial charge on any atom is 0.0932 e. The van der Waals surface area contributed by atoms with Crippen molar-refractivity contribution < 1.29 is 0 Å². The Bertz CT molecular complexity index is 682. The van der Waals surface area contributed by atoms with Gasteiger partial charge in [-0.05, 0) is 29.4 Å². The summed E-state index contributed by atoms with van der Waals surface area (Å²) in [4.78, 5) is 7.67. The van der Waals surface area contributed by atoms with Crippen molar-refractivity contribution in [2.75, 3.05) is 0 Å². The monoisotopic (exact) mass is 238 g/mol. The third-order valence-electron chi connectivity index (χ3n) is 3.72. The standard InChI is InChI=1S/C16H18N2/c1-3-6-11(2)14-9-15-16(18-10-17-15)13-8-5-4-7-12(13)14/h4-5,7-11H,3,6H2,1-2H3,(H,17,18). The topological polar surface area (TPSA) is 28.7 Å². The number of aromatic nitrogens is 2. The van der Waals surface area contributed by atoms with Gasteiger partial charge in [0.1, 0.15) is 0 Å². The molecule has 2 heteroatoms. The van der Waals surface area contributed by atoms with Crippen LogP contribution in [0.15, 0.2) is 36.7 Å². The number of H-pyrrole nitrogens is 1. The van der Waals surface area contributed by atoms with E-state index in [1.807, 2.05) is 0 Å². The van der Waals surface area contributed by atoms with Crippen molar-refractivity contribution in [3.05, 3.63) is 42.2 Å². The fourth-order valence-corrected chi connectivity index (χ4v) is 2.80. The molecule has 0 fully saturated rings. The van der Waals surface area contributed by atoms with Gasteiger partial charge in [-0.2, -0.15) is 0 Å². The van der Waals surface area contributed by atoms with Crippen molar-refractivity contribution in [3.63, 3.8) is 0 Å². The molecule has 1 N–H and O–H groups in total. The summed E-state index contributed by atoms with van der Waals surface area (Å²) in [5, 5.41) is 2.64. The third kappa shape index (κ3) is 1.69. The second-order valence-corrected chi connectivity index (χ2v) is 5.00. The summed E-state index contributed by atoms with van der Waals surface area (Å²) in [6, 6.07) is 10.9. The van der Waals surface area contributed by atoms with Crippen LogP contribution in [0.5, 0.6) is 0 Å². The molecule has 1 unspecified atom stereocenters. The minimum absolute atomic E-state index is 0.584. The average molecular weight is 238 g/mol. The van der Waals surface area contributed by atoms with Gasteiger partial charge in [0.2, 0.25) is 0 Å². The summed E-state index contributed by atoms with van der Waals surface area (Å²) >= 11 is 0. The summed E-state index contributed by atoms with van der Waals surface area (Å²) < 4.78 is 0. The number of benzene rings is 2. The van der Waals surface area contributed by atoms with E-state index in [2.05, 4.69) is 54.1 Å². The maximum absolute atomic E-state index is 4.42. The molecular weight excluding hydrogens is 220 g/mol. The van der Waals surface area contributed by atoms with Crippen LogP contribution in [0.4, 0.5) is 0 Å². The van der Waals surface area contributed by atoms with E-state index in [-0.39, 0.29) is 0 Å². The van der Waals surface area contributed by atoms with Crippen LogP contribution in [0, 0.1) is 0 Å². The average Bonchev–Trinajstić information content (AvgIpc) is 2.86. The van der Waals surface area contributed by atoms with Gasteiger partial charge < -0.3 is 4.98 Å². The highest BCUT2D eigenvalue weighted by Gasteiger charge is 2.12. The first-order chi connectivity index (χ1) is 8.81. The van der Waals surface area contributed by atoms with Crippen LogP contribution >= 0.6 is 0 Å². The molecule has 0 amide bonds. The molecule has 0 aliphatic rings. The fourth-order valence-electron chi connectivity index (χ4n) is 2.80. The molecule has 3 rings (SSSR count). The lowest BCUT2D eigenvalue weighted by Gasteiger charge is -2.14. The van der Waals surface area contributed by atoms with E-state index >= 15 is 0 Å². The Balaban J connectivity index is 2.33. The van der Waals surface area contributed by atoms with E-state index in [0.717, 1.165) is 11.0 Å². The number of nitrogens with one attached hydrogen (secondary N) is 1. The first kappa shape index (κ1) is 11.3. The van der Waals surface area contributed by atoms with Gasteiger partial charge in [-0.15, -0.1) is 0 Å². The van der Waals surface area contributed by atoms with Gasteiger partial charge in [-0.3, -0.25) is 0 Å². The van der Waals surface area contributed by atoms with E-state index in [4.69, 9.17) is 0 Å². The minimum Gasteiger partial charge on any atom is -0.344 e. The number of imidazole rings is 1. The van der Waals surface area contributed by atoms with Gasteiger partial charge in [0.25, 0.3) is 0 Å². The Kier molecular flexibility index (Phi) is 2.78. The minimum atomic E-state index is 0.584. The molecular formula is C16H18N2. The Labute approximate surface area is 107 Å². The summed E-state index contributed by atoms with van der Waals surface area (Å²) in [5.41, 5.74) is 3.65. The molecule has 0 bridgehead atoms. The third-order valence-corrected chi connectivity index (χ3v) is 3.72. The largest absolute Gasteiger partial charge is 0.344 e. The molecule has 92 valence electrons. The number of nitrogens with zero attached hydrogens (tertiary/aromatic N) is 1. The normalized spacial score (nSPS) is 13.2. The molecule has 2 nitrogen and oxygen atoms in total. The quantitative estimate of drug-likeness (QED) is 0.708. The molecule has 0 radical (unpaired) electrons. The zero-order valence-corrected chi connectivity index (χ0v) is 10.9. The second kappa shape index (κ2) is 4.45. The van der Waals surface area contributed by atoms with Crippen molar-refractivity contribution in [2.24, 2.45) is 0 Å². The van der Waals surface area contributed by atoms with Crippen LogP contribution in [-0.2, 0) is 0 Å². The van der Waals surface area contributed by atoms with Gasteiger partial charge in [-0.1, -0.05) is 44.5 Å². The van der Waals surface area contributed by atoms with Gasteiger partial charge in [0.15, 0.2) is 0 Å². The van der Waals surface area contributed by atoms with Crippen LogP contribution < -0.4 is 0 Å². The Morgan fingerprint density at radius 1 is 1.22 bits per heavy atom. The van der Waals surface area contributed by atoms with E-state index in [0.29, 0.717) is 5.92 Å². The SMILES string of the molecule is CCCC(C)c1cc2nc[nH]c2c2ccccc12. The Hall–Kier alpha value is -1.83. The number of rotatable bonds is 3. The molecule has 0 aliphatic carbocycles. The smallest absolute Gasteiger partial charge is 0.0932 e. The molecule has 1 heterocycles. The predicted octanol–water partition coefficient (Wildman–Crippen LogP) is 4.62. The van der Waals surface area contributed by atoms with Crippen molar-refractivity contribution in [2.45, 2.75) is 32.6 Å². The lowest BCUT2D eigenvalue weighted by Crippen LogP contribution is -1.95. The van der Waals surface area contributed by atoms with Crippen LogP contribution in [0.2, 0.25) is 0 Å². The van der Waals surface area contributed by atoms with Gasteiger partial charge in [-0.25, -0.2) is 4.98 Å². The number of hydrogen-bond acceptors (Lipinski definition) is 1. The van der Waals surface area contributed by atoms with Crippen LogP contribution in [0.3, 0.4) is 0 Å². The van der Waals surface area contributed by atoms with E-state index in [1.165, 1.54) is 29.2 Å². The Morgan fingerprint density at radius 3 is 2.78 bits per heavy atom. The molecule has 0 saturated heterocycles. The first-order valence-electron chi connectivity index (χ1n) is 6.66. The van der Waals surface area contributed by atoms with E-state index < -0.39 is 0 Å². The molecule has 18 heavy (non-hydrogen) atoms. The molecule has 1 aromatic heterocycles. The first-order valence-corrected chi connectivity index (χ1v) is 6.66. The second-order valence-electron chi connectivity index (χ2n) is 5.00. The molecule has 0 spiro atoms. The zero-order chi connectivity index (χ0) is 12.5. The van der Waals surface area contributed by atoms with Gasteiger partial charge >= 0.3 is 0 Å². The number of hydrogen-bond donors (Lipinski definition) is 1. The van der Waals surface area contributed by atoms with Crippen LogP contribution in [-0.4, -0.2) is 9.97 Å². The molecule has 0 saturated carbocycles. The number of fused-ring (bicyclic) bond motifs is 3. The molecule has 1 atom stereocenters. The van der Waals surface area contributed by atoms with E-state index in [9.17, 15) is 0 Å². The summed E-state index contributed by atoms with van der Waals surface area (Å²) in [5.74, 6) is 0.584. The maximum atomic E-state index is 4.42. The summed E-state index contributed by atoms with van der Waals surface area (Å²) in [7, 11) is 0. The van der Waals surface area contributed by atoms with Crippen molar-refractivity contribution in [1.82, 2.24) is 9.97 Å². The predicted molar refractivity (Wildman–Crippen MR) is 76.9 cm³/mol. The van der Waals surface area contributed by atoms with Crippen molar-refractivity contribution in [1.29, 1.82) is 0 Å². The van der Waals surface area contributed by atoms with Crippen molar-refractivity contribution >= 4 is 21.8 Å². The van der Waals surface area contributed by atoms with Crippen LogP contribution in [0.25, 0.3) is 21.8 Å². The fraction of sp³-hybridized carbons (Fsp3) is 0.312. The summed E-state index contributed by atoms with van der Waals surface area (Å²) in [6.07, 6.45) is 4.22.